The second-order valence-corrected chi connectivity index (χ2v) is 10.4. The van der Waals surface area contributed by atoms with E-state index in [9.17, 15) is 18.0 Å². The molecule has 11 heteroatoms. The lowest BCUT2D eigenvalue weighted by Crippen LogP contribution is -2.32. The third-order valence-corrected chi connectivity index (χ3v) is 7.06. The molecule has 0 aliphatic rings. The molecule has 1 atom stereocenters. The first kappa shape index (κ1) is 27.1. The molecule has 3 aromatic rings. The van der Waals surface area contributed by atoms with Crippen molar-refractivity contribution >= 4 is 44.0 Å². The van der Waals surface area contributed by atoms with E-state index >= 15 is 0 Å². The maximum absolute atomic E-state index is 12.9. The van der Waals surface area contributed by atoms with Crippen LogP contribution in [0.15, 0.2) is 87.3 Å². The van der Waals surface area contributed by atoms with E-state index in [1.165, 1.54) is 18.3 Å². The van der Waals surface area contributed by atoms with Gasteiger partial charge >= 0.3 is 0 Å². The van der Waals surface area contributed by atoms with Crippen LogP contribution in [0.25, 0.3) is 0 Å². The van der Waals surface area contributed by atoms with Gasteiger partial charge in [-0.25, -0.2) is 18.6 Å². The van der Waals surface area contributed by atoms with E-state index < -0.39 is 27.9 Å². The van der Waals surface area contributed by atoms with E-state index in [0.717, 1.165) is 5.56 Å². The first-order valence-corrected chi connectivity index (χ1v) is 13.1. The summed E-state index contributed by atoms with van der Waals surface area (Å²) in [5, 5.41) is 3.96. The zero-order chi connectivity index (χ0) is 26.1. The van der Waals surface area contributed by atoms with Crippen molar-refractivity contribution in [2.24, 2.45) is 10.8 Å². The monoisotopic (exact) mass is 572 g/mol. The van der Waals surface area contributed by atoms with Crippen LogP contribution in [0.5, 0.6) is 5.75 Å². The van der Waals surface area contributed by atoms with Crippen molar-refractivity contribution in [2.75, 3.05) is 6.61 Å². The summed E-state index contributed by atoms with van der Waals surface area (Å²) in [7, 11) is -3.87. The Morgan fingerprint density at radius 2 is 1.78 bits per heavy atom. The van der Waals surface area contributed by atoms with Gasteiger partial charge in [0.15, 0.2) is 6.61 Å². The summed E-state index contributed by atoms with van der Waals surface area (Å²) in [6.07, 6.45) is 1.25. The summed E-state index contributed by atoms with van der Waals surface area (Å²) in [5.74, 6) is -0.640. The summed E-state index contributed by atoms with van der Waals surface area (Å²) in [5.41, 5.74) is 9.73. The third kappa shape index (κ3) is 8.01. The molecule has 36 heavy (non-hydrogen) atoms. The summed E-state index contributed by atoms with van der Waals surface area (Å²) in [4.78, 5) is 23.6. The average Bonchev–Trinajstić information content (AvgIpc) is 2.83. The molecule has 0 radical (unpaired) electrons. The number of hydrogen-bond acceptors (Lipinski definition) is 6. The Bertz CT molecular complexity index is 1350. The number of aryl methyl sites for hydroxylation is 1. The number of hydrogen-bond donors (Lipinski definition) is 3. The zero-order valence-electron chi connectivity index (χ0n) is 19.3. The SMILES string of the molecule is Cc1ccc(S(=O)(=O)N[C@H](CC(=O)N/N=C\c2ccc(OCC(N)=O)c(Br)c2)c2ccccc2)cc1. The molecule has 0 heterocycles. The fourth-order valence-electron chi connectivity index (χ4n) is 3.16. The normalized spacial score (nSPS) is 12.3. The molecule has 3 rings (SSSR count). The molecular weight excluding hydrogens is 548 g/mol. The molecule has 0 aromatic heterocycles. The van der Waals surface area contributed by atoms with Crippen LogP contribution in [0.3, 0.4) is 0 Å². The topological polar surface area (TPSA) is 140 Å². The molecule has 0 aliphatic carbocycles. The standard InChI is InChI=1S/C25H25BrN4O5S/c1-17-7-10-20(11-8-17)36(33,34)30-22(19-5-3-2-4-6-19)14-25(32)29-28-15-18-9-12-23(21(26)13-18)35-16-24(27)31/h2-13,15,22,30H,14,16H2,1H3,(H2,27,31)(H,29,32)/b28-15-/t22-/m1/s1. The van der Waals surface area contributed by atoms with Gasteiger partial charge in [0.25, 0.3) is 5.91 Å². The van der Waals surface area contributed by atoms with Crippen LogP contribution in [0.2, 0.25) is 0 Å². The lowest BCUT2D eigenvalue weighted by atomic mass is 10.0. The van der Waals surface area contributed by atoms with Gasteiger partial charge in [-0.3, -0.25) is 9.59 Å². The number of carbonyl (C=O) groups excluding carboxylic acids is 2. The van der Waals surface area contributed by atoms with Gasteiger partial charge in [0, 0.05) is 6.42 Å². The molecule has 4 N–H and O–H groups in total. The Morgan fingerprint density at radius 3 is 2.42 bits per heavy atom. The van der Waals surface area contributed by atoms with Crippen LogP contribution in [-0.2, 0) is 19.6 Å². The minimum Gasteiger partial charge on any atom is -0.483 e. The minimum absolute atomic E-state index is 0.112. The number of nitrogens with zero attached hydrogens (tertiary/aromatic N) is 1. The minimum atomic E-state index is -3.87. The Balaban J connectivity index is 1.67. The van der Waals surface area contributed by atoms with Crippen molar-refractivity contribution in [1.29, 1.82) is 0 Å². The number of nitrogens with two attached hydrogens (primary N) is 1. The average molecular weight is 573 g/mol. The van der Waals surface area contributed by atoms with E-state index in [1.54, 1.807) is 54.6 Å². The molecule has 0 saturated carbocycles. The lowest BCUT2D eigenvalue weighted by molar-refractivity contribution is -0.121. The van der Waals surface area contributed by atoms with Gasteiger partial charge in [-0.15, -0.1) is 0 Å². The quantitative estimate of drug-likeness (QED) is 0.239. The van der Waals surface area contributed by atoms with Gasteiger partial charge in [-0.2, -0.15) is 5.10 Å². The number of benzene rings is 3. The molecule has 0 fully saturated rings. The van der Waals surface area contributed by atoms with Gasteiger partial charge < -0.3 is 10.5 Å². The lowest BCUT2D eigenvalue weighted by Gasteiger charge is -2.18. The number of rotatable bonds is 11. The number of halogens is 1. The van der Waals surface area contributed by atoms with E-state index in [2.05, 4.69) is 31.2 Å². The van der Waals surface area contributed by atoms with Crippen molar-refractivity contribution in [1.82, 2.24) is 10.1 Å². The number of sulfonamides is 1. The molecule has 0 saturated heterocycles. The highest BCUT2D eigenvalue weighted by Crippen LogP contribution is 2.25. The summed E-state index contributed by atoms with van der Waals surface area (Å²) in [6.45, 7) is 1.62. The van der Waals surface area contributed by atoms with Crippen LogP contribution in [0, 0.1) is 6.92 Å². The Labute approximate surface area is 217 Å². The Kier molecular flexibility index (Phi) is 9.34. The summed E-state index contributed by atoms with van der Waals surface area (Å²) >= 11 is 3.34. The second kappa shape index (κ2) is 12.4. The highest BCUT2D eigenvalue weighted by Gasteiger charge is 2.23. The zero-order valence-corrected chi connectivity index (χ0v) is 21.8. The van der Waals surface area contributed by atoms with Gasteiger partial charge in [0.05, 0.1) is 21.6 Å². The van der Waals surface area contributed by atoms with Gasteiger partial charge in [0.2, 0.25) is 15.9 Å². The highest BCUT2D eigenvalue weighted by atomic mass is 79.9. The molecule has 9 nitrogen and oxygen atoms in total. The molecule has 0 bridgehead atoms. The molecule has 0 aliphatic heterocycles. The first-order valence-electron chi connectivity index (χ1n) is 10.8. The van der Waals surface area contributed by atoms with Crippen LogP contribution >= 0.6 is 15.9 Å². The number of amides is 2. The van der Waals surface area contributed by atoms with Crippen molar-refractivity contribution in [3.8, 4) is 5.75 Å². The predicted octanol–water partition coefficient (Wildman–Crippen LogP) is 3.18. The largest absolute Gasteiger partial charge is 0.483 e. The molecule has 0 spiro atoms. The van der Waals surface area contributed by atoms with Crippen LogP contribution in [0.4, 0.5) is 0 Å². The van der Waals surface area contributed by atoms with Gasteiger partial charge in [-0.05, 0) is 64.3 Å². The Morgan fingerprint density at radius 1 is 1.08 bits per heavy atom. The van der Waals surface area contributed by atoms with Crippen LogP contribution in [0.1, 0.15) is 29.2 Å². The number of nitrogens with one attached hydrogen (secondary N) is 2. The van der Waals surface area contributed by atoms with Crippen molar-refractivity contribution in [3.05, 3.63) is 94.0 Å². The van der Waals surface area contributed by atoms with Crippen molar-refractivity contribution in [3.63, 3.8) is 0 Å². The number of ether oxygens (including phenoxy) is 1. The van der Waals surface area contributed by atoms with Crippen LogP contribution < -0.4 is 20.6 Å². The maximum Gasteiger partial charge on any atom is 0.255 e. The maximum atomic E-state index is 12.9. The number of carbonyl (C=O) groups is 2. The fourth-order valence-corrected chi connectivity index (χ4v) is 4.89. The second-order valence-electron chi connectivity index (χ2n) is 7.84. The van der Waals surface area contributed by atoms with E-state index in [0.29, 0.717) is 21.3 Å². The van der Waals surface area contributed by atoms with E-state index in [4.69, 9.17) is 10.5 Å². The fraction of sp³-hybridized carbons (Fsp3) is 0.160. The number of primary amides is 1. The van der Waals surface area contributed by atoms with E-state index in [-0.39, 0.29) is 17.9 Å². The molecular formula is C25H25BrN4O5S. The van der Waals surface area contributed by atoms with E-state index in [1.807, 2.05) is 13.0 Å². The molecule has 0 unspecified atom stereocenters. The summed E-state index contributed by atoms with van der Waals surface area (Å²) in [6, 6.07) is 19.5. The first-order chi connectivity index (χ1) is 17.1. The molecule has 3 aromatic carbocycles. The Hall–Kier alpha value is -3.54. The predicted molar refractivity (Wildman–Crippen MR) is 140 cm³/mol. The van der Waals surface area contributed by atoms with Gasteiger partial charge in [0.1, 0.15) is 5.75 Å². The van der Waals surface area contributed by atoms with Crippen molar-refractivity contribution in [2.45, 2.75) is 24.3 Å². The van der Waals surface area contributed by atoms with Gasteiger partial charge in [-0.1, -0.05) is 48.0 Å². The summed E-state index contributed by atoms with van der Waals surface area (Å²) < 4.78 is 34.3. The number of hydrazone groups is 1. The molecule has 188 valence electrons. The van der Waals surface area contributed by atoms with Crippen molar-refractivity contribution < 1.29 is 22.7 Å². The van der Waals surface area contributed by atoms with Crippen LogP contribution in [-0.4, -0.2) is 33.1 Å². The third-order valence-electron chi connectivity index (χ3n) is 4.95. The highest BCUT2D eigenvalue weighted by molar-refractivity contribution is 9.10. The molecule has 2 amide bonds. The smallest absolute Gasteiger partial charge is 0.255 e.